The SMILES string of the molecule is COC(=O)NC(C(=O)N(Cc1ncc(-c2ccc(C#Cc3ccc(-c4cnc(CN(C(=O)C(NC(=O)OC)C5CCOCC5)C5C(C)[C@H]5C)[nH]4)cc3C)c(C)c2)[nH]1)C1C(C)[C@H]1C)C1CCOCC1. The maximum Gasteiger partial charge on any atom is 0.407 e. The van der Waals surface area contributed by atoms with Gasteiger partial charge in [-0.3, -0.25) is 9.59 Å². The van der Waals surface area contributed by atoms with Crippen molar-refractivity contribution in [3.63, 3.8) is 0 Å². The average molecular weight is 931 g/mol. The molecule has 4 heterocycles. The van der Waals surface area contributed by atoms with E-state index in [4.69, 9.17) is 28.9 Å². The summed E-state index contributed by atoms with van der Waals surface area (Å²) in [6.45, 7) is 15.4. The Bertz CT molecular complexity index is 2350. The van der Waals surface area contributed by atoms with E-state index in [0.29, 0.717) is 87.4 Å². The van der Waals surface area contributed by atoms with Gasteiger partial charge >= 0.3 is 12.2 Å². The highest BCUT2D eigenvalue weighted by Crippen LogP contribution is 2.45. The number of ether oxygens (including phenoxy) is 4. The normalized spacial score (nSPS) is 23.3. The van der Waals surface area contributed by atoms with E-state index in [1.807, 2.05) is 47.9 Å². The van der Waals surface area contributed by atoms with Gasteiger partial charge in [-0.1, -0.05) is 51.7 Å². The maximum absolute atomic E-state index is 14.3. The minimum atomic E-state index is -0.716. The molecular formula is C52H66N8O8. The van der Waals surface area contributed by atoms with Gasteiger partial charge in [0.25, 0.3) is 0 Å². The maximum atomic E-state index is 14.3. The molecule has 362 valence electrons. The summed E-state index contributed by atoms with van der Waals surface area (Å²) in [6, 6.07) is 10.9. The van der Waals surface area contributed by atoms with Gasteiger partial charge in [-0.2, -0.15) is 0 Å². The lowest BCUT2D eigenvalue weighted by Gasteiger charge is -2.34. The average Bonchev–Trinajstić information content (AvgIpc) is 3.84. The predicted molar refractivity (Wildman–Crippen MR) is 255 cm³/mol. The number of aromatic amines is 2. The number of methoxy groups -OCH3 is 2. The van der Waals surface area contributed by atoms with Crippen LogP contribution in [-0.4, -0.2) is 119 Å². The van der Waals surface area contributed by atoms with Crippen LogP contribution in [-0.2, 0) is 41.6 Å². The number of H-pyrrole nitrogens is 2. The molecule has 4 aliphatic rings. The monoisotopic (exact) mass is 931 g/mol. The summed E-state index contributed by atoms with van der Waals surface area (Å²) in [5.41, 5.74) is 7.41. The number of hydrogen-bond donors (Lipinski definition) is 4. The Hall–Kier alpha value is -6.18. The van der Waals surface area contributed by atoms with E-state index in [2.05, 4.69) is 72.3 Å². The van der Waals surface area contributed by atoms with Crippen molar-refractivity contribution in [2.45, 2.75) is 104 Å². The van der Waals surface area contributed by atoms with E-state index in [-0.39, 0.29) is 48.8 Å². The van der Waals surface area contributed by atoms with Crippen LogP contribution in [0.3, 0.4) is 0 Å². The Kier molecular flexibility index (Phi) is 14.9. The van der Waals surface area contributed by atoms with Crippen molar-refractivity contribution in [2.24, 2.45) is 35.5 Å². The number of amides is 4. The molecule has 0 bridgehead atoms. The van der Waals surface area contributed by atoms with Gasteiger partial charge in [-0.15, -0.1) is 0 Å². The first-order valence-electron chi connectivity index (χ1n) is 24.0. The van der Waals surface area contributed by atoms with Crippen molar-refractivity contribution in [3.8, 4) is 34.4 Å². The van der Waals surface area contributed by atoms with Crippen LogP contribution in [0.1, 0.15) is 87.3 Å². The third-order valence-electron chi connectivity index (χ3n) is 15.0. The highest BCUT2D eigenvalue weighted by atomic mass is 16.5. The summed E-state index contributed by atoms with van der Waals surface area (Å²) >= 11 is 0. The van der Waals surface area contributed by atoms with E-state index in [1.165, 1.54) is 14.2 Å². The number of nitrogens with zero attached hydrogens (tertiary/aromatic N) is 4. The Morgan fingerprint density at radius 2 is 1.01 bits per heavy atom. The first kappa shape index (κ1) is 48.3. The zero-order chi connectivity index (χ0) is 48.2. The second-order valence-electron chi connectivity index (χ2n) is 19.3. The van der Waals surface area contributed by atoms with Gasteiger partial charge in [0.15, 0.2) is 0 Å². The van der Waals surface area contributed by atoms with Gasteiger partial charge in [0.2, 0.25) is 11.8 Å². The molecule has 4 N–H and O–H groups in total. The number of rotatable bonds is 14. The first-order chi connectivity index (χ1) is 32.8. The number of nitrogens with one attached hydrogen (secondary N) is 4. The van der Waals surface area contributed by atoms with Crippen LogP contribution in [0.4, 0.5) is 9.59 Å². The van der Waals surface area contributed by atoms with Crippen molar-refractivity contribution in [3.05, 3.63) is 82.7 Å². The zero-order valence-electron chi connectivity index (χ0n) is 40.5. The molecule has 68 heavy (non-hydrogen) atoms. The second-order valence-corrected chi connectivity index (χ2v) is 19.3. The Morgan fingerprint density at radius 3 is 1.34 bits per heavy atom. The Morgan fingerprint density at radius 1 is 0.647 bits per heavy atom. The van der Waals surface area contributed by atoms with Crippen LogP contribution in [0.15, 0.2) is 48.8 Å². The minimum Gasteiger partial charge on any atom is -0.453 e. The fourth-order valence-electron chi connectivity index (χ4n) is 10.2. The molecule has 4 fully saturated rings. The summed E-state index contributed by atoms with van der Waals surface area (Å²) < 4.78 is 21.0. The van der Waals surface area contributed by atoms with Gasteiger partial charge in [0.1, 0.15) is 23.7 Å². The first-order valence-corrected chi connectivity index (χ1v) is 24.0. The number of hydrogen-bond acceptors (Lipinski definition) is 10. The molecule has 2 aliphatic carbocycles. The molecule has 2 saturated carbocycles. The molecule has 6 unspecified atom stereocenters. The van der Waals surface area contributed by atoms with Crippen LogP contribution in [0.25, 0.3) is 22.5 Å². The van der Waals surface area contributed by atoms with Crippen molar-refractivity contribution >= 4 is 24.0 Å². The van der Waals surface area contributed by atoms with E-state index >= 15 is 0 Å². The second kappa shape index (κ2) is 21.0. The highest BCUT2D eigenvalue weighted by Gasteiger charge is 2.52. The number of aromatic nitrogens is 4. The lowest BCUT2D eigenvalue weighted by atomic mass is 9.90. The van der Waals surface area contributed by atoms with Gasteiger partial charge in [-0.25, -0.2) is 19.6 Å². The molecule has 2 aromatic carbocycles. The molecule has 4 amide bonds. The molecule has 2 saturated heterocycles. The van der Waals surface area contributed by atoms with Gasteiger partial charge in [-0.05, 0) is 122 Å². The van der Waals surface area contributed by atoms with E-state index in [1.54, 1.807) is 12.4 Å². The van der Waals surface area contributed by atoms with E-state index in [0.717, 1.165) is 44.8 Å². The number of aryl methyl sites for hydroxylation is 2. The number of carbonyl (C=O) groups excluding carboxylic acids is 4. The topological polar surface area (TPSA) is 193 Å². The molecule has 8 atom stereocenters. The number of imidazole rings is 2. The summed E-state index contributed by atoms with van der Waals surface area (Å²) in [5, 5.41) is 5.69. The van der Waals surface area contributed by atoms with Crippen LogP contribution in [0.5, 0.6) is 0 Å². The predicted octanol–water partition coefficient (Wildman–Crippen LogP) is 6.75. The van der Waals surface area contributed by atoms with Crippen LogP contribution < -0.4 is 10.6 Å². The van der Waals surface area contributed by atoms with Crippen molar-refractivity contribution in [1.82, 2.24) is 40.4 Å². The van der Waals surface area contributed by atoms with Crippen LogP contribution >= 0.6 is 0 Å². The number of alkyl carbamates (subject to hydrolysis) is 2. The molecule has 2 aliphatic heterocycles. The lowest BCUT2D eigenvalue weighted by Crippen LogP contribution is -2.54. The van der Waals surface area contributed by atoms with Crippen molar-refractivity contribution in [1.29, 1.82) is 0 Å². The summed E-state index contributed by atoms with van der Waals surface area (Å²) in [6.07, 6.45) is 5.07. The molecule has 0 radical (unpaired) electrons. The summed E-state index contributed by atoms with van der Waals surface area (Å²) in [7, 11) is 2.62. The van der Waals surface area contributed by atoms with E-state index in [9.17, 15) is 19.2 Å². The van der Waals surface area contributed by atoms with E-state index < -0.39 is 24.3 Å². The largest absolute Gasteiger partial charge is 0.453 e. The third-order valence-corrected chi connectivity index (χ3v) is 15.0. The van der Waals surface area contributed by atoms with Crippen LogP contribution in [0.2, 0.25) is 0 Å². The fourth-order valence-corrected chi connectivity index (χ4v) is 10.2. The van der Waals surface area contributed by atoms with Gasteiger partial charge in [0, 0.05) is 49.6 Å². The Labute approximate surface area is 399 Å². The lowest BCUT2D eigenvalue weighted by molar-refractivity contribution is -0.138. The zero-order valence-corrected chi connectivity index (χ0v) is 40.5. The smallest absolute Gasteiger partial charge is 0.407 e. The molecule has 2 aromatic heterocycles. The van der Waals surface area contributed by atoms with Crippen LogP contribution in [0, 0.1) is 61.2 Å². The van der Waals surface area contributed by atoms with Gasteiger partial charge in [0.05, 0.1) is 51.1 Å². The van der Waals surface area contributed by atoms with Crippen molar-refractivity contribution < 1.29 is 38.1 Å². The third kappa shape index (κ3) is 10.7. The highest BCUT2D eigenvalue weighted by molar-refractivity contribution is 5.87. The molecule has 8 rings (SSSR count). The summed E-state index contributed by atoms with van der Waals surface area (Å²) in [5.74, 6) is 9.03. The minimum absolute atomic E-state index is 0.0387. The standard InChI is InChI=1S/C52H66N8O8/c1-29-23-39(41-25-53-43(55-41)27-59(47-31(3)32(47)4)49(61)45(57-51(63)65-7)37-15-19-67-20-16-37)13-11-35(29)9-10-36-12-14-40(24-30(36)2)42-26-54-44(56-42)28-60(48-33(5)34(48)6)50(62)46(58-52(64)66-8)38-17-21-68-22-18-38/h11-14,23-26,31-34,37-38,45-48H,15-22,27-28H2,1-8H3,(H,53,55)(H,54,56)(H,57,63)(H,58,64)/t31-,32?,33-,34?,45?,46?,47?,48?/m1/s1. The van der Waals surface area contributed by atoms with Crippen molar-refractivity contribution in [2.75, 3.05) is 40.6 Å². The fraction of sp³-hybridized carbons (Fsp3) is 0.538. The quantitative estimate of drug-likeness (QED) is 0.0984. The molecule has 16 heteroatoms. The number of benzene rings is 2. The Balaban J connectivity index is 0.933. The molecule has 16 nitrogen and oxygen atoms in total. The molecule has 4 aromatic rings. The van der Waals surface area contributed by atoms with Gasteiger partial charge < -0.3 is 49.3 Å². The molecule has 0 spiro atoms. The molecular weight excluding hydrogens is 865 g/mol. The summed E-state index contributed by atoms with van der Waals surface area (Å²) in [4.78, 5) is 73.5. The number of carbonyl (C=O) groups is 4.